The Kier molecular flexibility index (Phi) is 3.95. The first-order valence-corrected chi connectivity index (χ1v) is 6.36. The molecule has 0 bridgehead atoms. The highest BCUT2D eigenvalue weighted by molar-refractivity contribution is 14.1. The Hall–Kier alpha value is -1.44. The van der Waals surface area contributed by atoms with E-state index in [0.717, 1.165) is 3.57 Å². The zero-order chi connectivity index (χ0) is 13.1. The second kappa shape index (κ2) is 5.47. The minimum Gasteiger partial charge on any atom is -0.360 e. The molecule has 0 aliphatic carbocycles. The number of carbonyl (C=O) groups excluding carboxylic acids is 1. The van der Waals surface area contributed by atoms with Crippen LogP contribution in [0.5, 0.6) is 0 Å². The average Bonchev–Trinajstić information content (AvgIpc) is 2.37. The van der Waals surface area contributed by atoms with Crippen molar-refractivity contribution in [1.29, 1.82) is 0 Å². The summed E-state index contributed by atoms with van der Waals surface area (Å²) in [5.41, 5.74) is 0.319. The summed E-state index contributed by atoms with van der Waals surface area (Å²) in [5, 5.41) is 2.79. The molecule has 94 valence electrons. The van der Waals surface area contributed by atoms with Crippen molar-refractivity contribution in [3.05, 3.63) is 43.8 Å². The predicted octanol–water partition coefficient (Wildman–Crippen LogP) is 1.83. The zero-order valence-corrected chi connectivity index (χ0v) is 11.5. The summed E-state index contributed by atoms with van der Waals surface area (Å²) >= 11 is 2.09. The molecule has 0 unspecified atom stereocenters. The number of fused-ring (bicyclic) bond motifs is 1. The molecule has 0 fully saturated rings. The van der Waals surface area contributed by atoms with Gasteiger partial charge >= 0.3 is 0 Å². The van der Waals surface area contributed by atoms with E-state index < -0.39 is 12.6 Å². The van der Waals surface area contributed by atoms with Crippen LogP contribution in [0.4, 0.5) is 4.39 Å². The van der Waals surface area contributed by atoms with Crippen LogP contribution >= 0.6 is 22.6 Å². The minimum atomic E-state index is -0.658. The highest BCUT2D eigenvalue weighted by Crippen LogP contribution is 2.12. The van der Waals surface area contributed by atoms with Crippen molar-refractivity contribution in [2.45, 2.75) is 0 Å². The number of hydrogen-bond donors (Lipinski definition) is 2. The third-order valence-electron chi connectivity index (χ3n) is 2.47. The van der Waals surface area contributed by atoms with E-state index >= 15 is 0 Å². The van der Waals surface area contributed by atoms with Crippen LogP contribution in [0.25, 0.3) is 10.9 Å². The third kappa shape index (κ3) is 2.53. The van der Waals surface area contributed by atoms with Gasteiger partial charge in [-0.1, -0.05) is 0 Å². The lowest BCUT2D eigenvalue weighted by molar-refractivity contribution is 0.0949. The fraction of sp³-hybridized carbons (Fsp3) is 0.167. The van der Waals surface area contributed by atoms with Gasteiger partial charge in [0.05, 0.1) is 0 Å². The van der Waals surface area contributed by atoms with E-state index in [1.807, 2.05) is 6.07 Å². The van der Waals surface area contributed by atoms with Gasteiger partial charge in [0.2, 0.25) is 5.43 Å². The van der Waals surface area contributed by atoms with Crippen LogP contribution in [0.15, 0.2) is 29.2 Å². The molecule has 1 amide bonds. The number of halogens is 2. The molecule has 2 N–H and O–H groups in total. The highest BCUT2D eigenvalue weighted by Gasteiger charge is 2.12. The van der Waals surface area contributed by atoms with Crippen LogP contribution in [-0.2, 0) is 0 Å². The largest absolute Gasteiger partial charge is 0.360 e. The Labute approximate surface area is 116 Å². The number of H-pyrrole nitrogens is 1. The van der Waals surface area contributed by atoms with Crippen molar-refractivity contribution >= 4 is 39.4 Å². The number of pyridine rings is 1. The normalized spacial score (nSPS) is 10.6. The first-order chi connectivity index (χ1) is 8.63. The molecule has 0 radical (unpaired) electrons. The maximum absolute atomic E-state index is 12.1. The maximum atomic E-state index is 12.1. The number of alkyl halides is 1. The van der Waals surface area contributed by atoms with Crippen LogP contribution in [0.3, 0.4) is 0 Å². The summed E-state index contributed by atoms with van der Waals surface area (Å²) in [6.45, 7) is -0.752. The number of hydrogen-bond acceptors (Lipinski definition) is 2. The van der Waals surface area contributed by atoms with Gasteiger partial charge in [-0.05, 0) is 40.8 Å². The quantitative estimate of drug-likeness (QED) is 0.822. The lowest BCUT2D eigenvalue weighted by Crippen LogP contribution is -2.30. The molecule has 1 heterocycles. The molecule has 2 aromatic rings. The maximum Gasteiger partial charge on any atom is 0.256 e. The molecule has 0 aliphatic rings. The van der Waals surface area contributed by atoms with Crippen LogP contribution in [0.2, 0.25) is 0 Å². The van der Waals surface area contributed by atoms with Crippen molar-refractivity contribution < 1.29 is 9.18 Å². The van der Waals surface area contributed by atoms with E-state index in [2.05, 4.69) is 32.9 Å². The van der Waals surface area contributed by atoms with Gasteiger partial charge in [0.15, 0.2) is 0 Å². The fourth-order valence-electron chi connectivity index (χ4n) is 1.62. The number of nitrogens with one attached hydrogen (secondary N) is 2. The van der Waals surface area contributed by atoms with Crippen molar-refractivity contribution in [2.24, 2.45) is 0 Å². The molecule has 6 heteroatoms. The van der Waals surface area contributed by atoms with E-state index in [9.17, 15) is 14.0 Å². The SMILES string of the molecule is O=C(NCC[18F])c1c[nH]c2ccc(I)cc2c1=O. The van der Waals surface area contributed by atoms with Gasteiger partial charge in [-0.25, -0.2) is 4.39 Å². The lowest BCUT2D eigenvalue weighted by Gasteiger charge is -2.04. The first kappa shape index (κ1) is 13.0. The van der Waals surface area contributed by atoms with Gasteiger partial charge in [-0.2, -0.15) is 0 Å². The number of aromatic amines is 1. The van der Waals surface area contributed by atoms with E-state index in [4.69, 9.17) is 0 Å². The van der Waals surface area contributed by atoms with Gasteiger partial charge in [-0.15, -0.1) is 0 Å². The van der Waals surface area contributed by atoms with Gasteiger partial charge in [-0.3, -0.25) is 9.59 Å². The van der Waals surface area contributed by atoms with Gasteiger partial charge in [0.1, 0.15) is 12.2 Å². The van der Waals surface area contributed by atoms with Crippen molar-refractivity contribution in [3.63, 3.8) is 0 Å². The molecule has 0 saturated heterocycles. The molecule has 1 aromatic heterocycles. The summed E-state index contributed by atoms with van der Waals surface area (Å²) < 4.78 is 12.9. The van der Waals surface area contributed by atoms with E-state index in [-0.39, 0.29) is 17.5 Å². The van der Waals surface area contributed by atoms with Crippen LogP contribution in [0.1, 0.15) is 10.4 Å². The predicted molar refractivity (Wildman–Crippen MR) is 75.6 cm³/mol. The second-order valence-electron chi connectivity index (χ2n) is 3.67. The highest BCUT2D eigenvalue weighted by atomic mass is 127. The molecule has 0 spiro atoms. The number of aromatic nitrogens is 1. The molecular weight excluding hydrogens is 349 g/mol. The van der Waals surface area contributed by atoms with Crippen LogP contribution in [0, 0.1) is 3.57 Å². The van der Waals surface area contributed by atoms with Gasteiger partial charge in [0.25, 0.3) is 5.91 Å². The number of rotatable bonds is 3. The molecule has 1 aromatic carbocycles. The monoisotopic (exact) mass is 359 g/mol. The molecule has 0 saturated carbocycles. The summed E-state index contributed by atoms with van der Waals surface area (Å²) in [7, 11) is 0. The smallest absolute Gasteiger partial charge is 0.256 e. The Bertz CT molecular complexity index is 654. The lowest BCUT2D eigenvalue weighted by atomic mass is 10.1. The fourth-order valence-corrected chi connectivity index (χ4v) is 2.11. The van der Waals surface area contributed by atoms with Crippen LogP contribution in [-0.4, -0.2) is 24.1 Å². The topological polar surface area (TPSA) is 62.0 Å². The minimum absolute atomic E-state index is 0.00190. The Morgan fingerprint density at radius 1 is 1.44 bits per heavy atom. The number of benzene rings is 1. The summed E-state index contributed by atoms with van der Waals surface area (Å²) in [6, 6.07) is 5.35. The van der Waals surface area contributed by atoms with E-state index in [0.29, 0.717) is 10.9 Å². The summed E-state index contributed by atoms with van der Waals surface area (Å²) in [4.78, 5) is 26.6. The zero-order valence-electron chi connectivity index (χ0n) is 9.30. The van der Waals surface area contributed by atoms with Gasteiger partial charge < -0.3 is 10.3 Å². The number of amides is 1. The Balaban J connectivity index is 2.50. The van der Waals surface area contributed by atoms with Crippen molar-refractivity contribution in [2.75, 3.05) is 13.2 Å². The molecule has 0 aliphatic heterocycles. The molecule has 0 atom stereocenters. The van der Waals surface area contributed by atoms with E-state index in [1.54, 1.807) is 12.1 Å². The molecule has 2 rings (SSSR count). The van der Waals surface area contributed by atoms with E-state index in [1.165, 1.54) is 6.20 Å². The van der Waals surface area contributed by atoms with Crippen molar-refractivity contribution in [3.8, 4) is 0 Å². The number of carbonyl (C=O) groups is 1. The van der Waals surface area contributed by atoms with Crippen molar-refractivity contribution in [1.82, 2.24) is 10.3 Å². The third-order valence-corrected chi connectivity index (χ3v) is 3.14. The summed E-state index contributed by atoms with van der Waals surface area (Å²) in [5.74, 6) is -0.560. The van der Waals surface area contributed by atoms with Gasteiger partial charge in [0, 0.05) is 27.2 Å². The Morgan fingerprint density at radius 3 is 2.94 bits per heavy atom. The standard InChI is InChI=1S/C12H10FIN2O2/c13-3-4-15-12(18)9-6-16-10-2-1-7(14)5-8(10)11(9)17/h1-2,5-6H,3-4H2,(H,15,18)(H,16,17)/i13-1. The first-order valence-electron chi connectivity index (χ1n) is 5.28. The Morgan fingerprint density at radius 2 is 2.22 bits per heavy atom. The molecule has 4 nitrogen and oxygen atoms in total. The summed E-state index contributed by atoms with van der Waals surface area (Å²) in [6.07, 6.45) is 1.35. The molecular formula is C12H10FIN2O2. The molecule has 18 heavy (non-hydrogen) atoms. The average molecular weight is 359 g/mol. The van der Waals surface area contributed by atoms with Crippen LogP contribution < -0.4 is 10.7 Å². The second-order valence-corrected chi connectivity index (χ2v) is 4.91.